The Kier molecular flexibility index (Phi) is 6.88. The van der Waals surface area contributed by atoms with Crippen molar-refractivity contribution in [1.82, 2.24) is 5.32 Å². The zero-order valence-corrected chi connectivity index (χ0v) is 14.5. The maximum Gasteiger partial charge on any atom is 0.224 e. The predicted octanol–water partition coefficient (Wildman–Crippen LogP) is 4.53. The summed E-state index contributed by atoms with van der Waals surface area (Å²) >= 11 is 13.7. The molecular weight excluding hydrogens is 339 g/mol. The first-order valence-electron chi connectivity index (χ1n) is 7.34. The molecule has 0 aliphatic heterocycles. The van der Waals surface area contributed by atoms with E-state index in [1.807, 2.05) is 18.2 Å². The molecule has 1 amide bonds. The van der Waals surface area contributed by atoms with Gasteiger partial charge in [-0.25, -0.2) is 0 Å². The smallest absolute Gasteiger partial charge is 0.224 e. The van der Waals surface area contributed by atoms with Crippen molar-refractivity contribution < 1.29 is 4.79 Å². The van der Waals surface area contributed by atoms with E-state index in [-0.39, 0.29) is 18.4 Å². The Bertz CT molecular complexity index is 574. The first-order valence-corrected chi connectivity index (χ1v) is 9.08. The lowest BCUT2D eigenvalue weighted by Crippen LogP contribution is -2.37. The number of thioether (sulfide) groups is 1. The lowest BCUT2D eigenvalue weighted by Gasteiger charge is -2.30. The van der Waals surface area contributed by atoms with E-state index < -0.39 is 0 Å². The van der Waals surface area contributed by atoms with Gasteiger partial charge < -0.3 is 5.32 Å². The summed E-state index contributed by atoms with van der Waals surface area (Å²) in [5.41, 5.74) is 0. The van der Waals surface area contributed by atoms with Crippen molar-refractivity contribution >= 4 is 40.9 Å². The van der Waals surface area contributed by atoms with Crippen LogP contribution in [0.15, 0.2) is 23.1 Å². The summed E-state index contributed by atoms with van der Waals surface area (Å²) in [6.07, 6.45) is 4.20. The van der Waals surface area contributed by atoms with Crippen LogP contribution in [0, 0.1) is 23.2 Å². The third-order valence-corrected chi connectivity index (χ3v) is 5.86. The second-order valence-corrected chi connectivity index (χ2v) is 7.32. The van der Waals surface area contributed by atoms with Crippen LogP contribution in [-0.4, -0.2) is 18.2 Å². The third kappa shape index (κ3) is 4.81. The Balaban J connectivity index is 1.95. The van der Waals surface area contributed by atoms with Crippen molar-refractivity contribution in [3.63, 3.8) is 0 Å². The molecule has 6 heteroatoms. The highest BCUT2D eigenvalue weighted by Gasteiger charge is 2.30. The van der Waals surface area contributed by atoms with Gasteiger partial charge in [0.15, 0.2) is 0 Å². The van der Waals surface area contributed by atoms with Gasteiger partial charge in [0.2, 0.25) is 5.91 Å². The average molecular weight is 357 g/mol. The van der Waals surface area contributed by atoms with Gasteiger partial charge in [-0.05, 0) is 37.0 Å². The fourth-order valence-electron chi connectivity index (χ4n) is 2.78. The Morgan fingerprint density at radius 1 is 1.32 bits per heavy atom. The molecule has 0 radical (unpaired) electrons. The molecule has 3 nitrogen and oxygen atoms in total. The monoisotopic (exact) mass is 356 g/mol. The number of rotatable bonds is 5. The highest BCUT2D eigenvalue weighted by molar-refractivity contribution is 7.99. The Labute approximate surface area is 145 Å². The van der Waals surface area contributed by atoms with Crippen LogP contribution in [0.25, 0.3) is 0 Å². The molecule has 2 atom stereocenters. The summed E-state index contributed by atoms with van der Waals surface area (Å²) in [6, 6.07) is 7.57. The number of halogens is 2. The number of benzene rings is 1. The minimum absolute atomic E-state index is 0.0115. The molecule has 1 aliphatic carbocycles. The average Bonchev–Trinajstić information content (AvgIpc) is 2.54. The molecule has 1 aliphatic rings. The maximum absolute atomic E-state index is 12.2. The second-order valence-electron chi connectivity index (χ2n) is 5.41. The van der Waals surface area contributed by atoms with Gasteiger partial charge in [0, 0.05) is 16.6 Å². The third-order valence-electron chi connectivity index (χ3n) is 3.94. The van der Waals surface area contributed by atoms with E-state index in [2.05, 4.69) is 5.32 Å². The van der Waals surface area contributed by atoms with E-state index in [4.69, 9.17) is 28.5 Å². The van der Waals surface area contributed by atoms with Gasteiger partial charge >= 0.3 is 0 Å². The molecule has 2 rings (SSSR count). The van der Waals surface area contributed by atoms with Gasteiger partial charge in [0.05, 0.1) is 16.1 Å². The maximum atomic E-state index is 12.2. The summed E-state index contributed by atoms with van der Waals surface area (Å²) in [6.45, 7) is 0.0853. The van der Waals surface area contributed by atoms with Gasteiger partial charge in [0.1, 0.15) is 6.54 Å². The topological polar surface area (TPSA) is 52.9 Å². The van der Waals surface area contributed by atoms with Crippen LogP contribution < -0.4 is 5.32 Å². The first-order chi connectivity index (χ1) is 10.6. The van der Waals surface area contributed by atoms with Crippen LogP contribution in [0.1, 0.15) is 25.7 Å². The van der Waals surface area contributed by atoms with Crippen molar-refractivity contribution in [1.29, 1.82) is 5.26 Å². The van der Waals surface area contributed by atoms with Crippen LogP contribution in [0.4, 0.5) is 0 Å². The van der Waals surface area contributed by atoms with Crippen molar-refractivity contribution in [3.8, 4) is 6.07 Å². The minimum atomic E-state index is 0.0115. The number of carbonyl (C=O) groups excluding carboxylic acids is 1. The highest BCUT2D eigenvalue weighted by Crippen LogP contribution is 2.36. The molecule has 0 bridgehead atoms. The fourth-order valence-corrected chi connectivity index (χ4v) is 4.31. The normalized spacial score (nSPS) is 21.1. The van der Waals surface area contributed by atoms with Crippen molar-refractivity contribution in [2.45, 2.75) is 30.6 Å². The summed E-state index contributed by atoms with van der Waals surface area (Å²) in [4.78, 5) is 13.2. The molecule has 22 heavy (non-hydrogen) atoms. The molecule has 0 aromatic heterocycles. The zero-order valence-electron chi connectivity index (χ0n) is 12.1. The number of hydrogen-bond acceptors (Lipinski definition) is 3. The van der Waals surface area contributed by atoms with Crippen LogP contribution in [0.2, 0.25) is 10.0 Å². The van der Waals surface area contributed by atoms with E-state index in [1.165, 1.54) is 0 Å². The fraction of sp³-hybridized carbons (Fsp3) is 0.500. The van der Waals surface area contributed by atoms with E-state index in [0.717, 1.165) is 36.3 Å². The van der Waals surface area contributed by atoms with E-state index >= 15 is 0 Å². The van der Waals surface area contributed by atoms with Gasteiger partial charge in [-0.15, -0.1) is 11.8 Å². The number of nitrogens with zero attached hydrogens (tertiary/aromatic N) is 1. The zero-order chi connectivity index (χ0) is 15.9. The lowest BCUT2D eigenvalue weighted by molar-refractivity contribution is -0.127. The predicted molar refractivity (Wildman–Crippen MR) is 91.3 cm³/mol. The molecule has 1 saturated carbocycles. The Hall–Kier alpha value is -0.890. The Morgan fingerprint density at radius 2 is 2.09 bits per heavy atom. The first kappa shape index (κ1) is 17.5. The number of amides is 1. The molecule has 0 heterocycles. The summed E-state index contributed by atoms with van der Waals surface area (Å²) in [7, 11) is 0. The van der Waals surface area contributed by atoms with Crippen LogP contribution in [0.3, 0.4) is 0 Å². The van der Waals surface area contributed by atoms with Gasteiger partial charge in [-0.3, -0.25) is 4.79 Å². The minimum Gasteiger partial charge on any atom is -0.343 e. The SMILES string of the molecule is N#CCNC(=O)C1CCCC[C@@H]1CSc1ccc(Cl)c(Cl)c1. The number of nitriles is 1. The van der Waals surface area contributed by atoms with Crippen LogP contribution >= 0.6 is 35.0 Å². The molecule has 1 aromatic rings. The van der Waals surface area contributed by atoms with Crippen LogP contribution in [-0.2, 0) is 4.79 Å². The largest absolute Gasteiger partial charge is 0.343 e. The molecule has 118 valence electrons. The van der Waals surface area contributed by atoms with Gasteiger partial charge in [0.25, 0.3) is 0 Å². The number of carbonyl (C=O) groups is 1. The molecule has 1 fully saturated rings. The molecule has 1 unspecified atom stereocenters. The second kappa shape index (κ2) is 8.67. The summed E-state index contributed by atoms with van der Waals surface area (Å²) in [5, 5.41) is 12.4. The summed E-state index contributed by atoms with van der Waals surface area (Å²) in [5.74, 6) is 1.24. The number of hydrogen-bond donors (Lipinski definition) is 1. The molecule has 1 N–H and O–H groups in total. The van der Waals surface area contributed by atoms with Crippen LogP contribution in [0.5, 0.6) is 0 Å². The van der Waals surface area contributed by atoms with E-state index in [0.29, 0.717) is 16.0 Å². The molecule has 0 saturated heterocycles. The molecular formula is C16H18Cl2N2OS. The molecule has 0 spiro atoms. The van der Waals surface area contributed by atoms with Crippen molar-refractivity contribution in [2.24, 2.45) is 11.8 Å². The van der Waals surface area contributed by atoms with Gasteiger partial charge in [-0.2, -0.15) is 5.26 Å². The quantitative estimate of drug-likeness (QED) is 0.622. The molecule has 1 aromatic carbocycles. The number of nitrogens with one attached hydrogen (secondary N) is 1. The van der Waals surface area contributed by atoms with Gasteiger partial charge in [-0.1, -0.05) is 36.0 Å². The Morgan fingerprint density at radius 3 is 2.82 bits per heavy atom. The standard InChI is InChI=1S/C16H18Cl2N2OS/c17-14-6-5-12(9-15(14)18)22-10-11-3-1-2-4-13(11)16(21)20-8-7-19/h5-6,9,11,13H,1-4,8,10H2,(H,20,21)/t11-,13?/m1/s1. The van der Waals surface area contributed by atoms with E-state index in [9.17, 15) is 4.79 Å². The van der Waals surface area contributed by atoms with Crippen molar-refractivity contribution in [3.05, 3.63) is 28.2 Å². The van der Waals surface area contributed by atoms with Crippen molar-refractivity contribution in [2.75, 3.05) is 12.3 Å². The van der Waals surface area contributed by atoms with E-state index in [1.54, 1.807) is 17.8 Å². The lowest BCUT2D eigenvalue weighted by atomic mass is 9.80. The highest BCUT2D eigenvalue weighted by atomic mass is 35.5. The summed E-state index contributed by atoms with van der Waals surface area (Å²) < 4.78 is 0.